The fraction of sp³-hybridized carbons (Fsp3) is 0. The fourth-order valence-electron chi connectivity index (χ4n) is 0. The van der Waals surface area contributed by atoms with E-state index in [4.69, 9.17) is 0 Å². The van der Waals surface area contributed by atoms with E-state index in [9.17, 15) is 8.78 Å². The van der Waals surface area contributed by atoms with Crippen molar-refractivity contribution in [1.29, 1.82) is 0 Å². The van der Waals surface area contributed by atoms with E-state index in [1.807, 2.05) is 0 Å². The van der Waals surface area contributed by atoms with Crippen LogP contribution in [0.2, 0.25) is 0 Å². The van der Waals surface area contributed by atoms with Crippen molar-refractivity contribution in [3.63, 3.8) is 0 Å². The Hall–Kier alpha value is 0.110. The van der Waals surface area contributed by atoms with Crippen LogP contribution in [0.1, 0.15) is 0 Å². The summed E-state index contributed by atoms with van der Waals surface area (Å²) < 4.78 is 20.6. The number of rotatable bonds is 0. The number of hydrogen-bond acceptors (Lipinski definition) is 0. The molecule has 0 aliphatic carbocycles. The maximum absolute atomic E-state index is 10.8. The molecule has 44 valence electrons. The summed E-state index contributed by atoms with van der Waals surface area (Å²) in [5.41, 5.74) is 0. The minimum atomic E-state index is -2.04. The number of hydrogen-bond donors (Lipinski definition) is 0. The lowest BCUT2D eigenvalue weighted by atomic mass is 11.1. The Balaban J connectivity index is 0. The molecule has 5 heteroatoms. The first-order valence-corrected chi connectivity index (χ1v) is 1.76. The van der Waals surface area contributed by atoms with Gasteiger partial charge in [-0.3, -0.25) is 4.70 Å². The predicted molar refractivity (Wildman–Crippen MR) is 23.5 cm³/mol. The Labute approximate surface area is 48.1 Å². The van der Waals surface area contributed by atoms with E-state index in [1.54, 1.807) is 0 Å². The topological polar surface area (TPSA) is 0 Å². The first kappa shape index (κ1) is 10.2. The molecule has 0 amide bonds. The second-order valence-electron chi connectivity index (χ2n) is 0.521. The normalized spacial score (nSPS) is 6.86. The molecule has 0 saturated heterocycles. The molecule has 0 unspecified atom stereocenters. The van der Waals surface area contributed by atoms with E-state index >= 15 is 0 Å². The van der Waals surface area contributed by atoms with Crippen molar-refractivity contribution in [2.75, 3.05) is 0 Å². The summed E-state index contributed by atoms with van der Waals surface area (Å²) in [4.78, 5) is 0. The van der Waals surface area contributed by atoms with Crippen molar-refractivity contribution >= 4 is 23.2 Å². The fourth-order valence-corrected chi connectivity index (χ4v) is 0. The predicted octanol–water partition coefficient (Wildman–Crippen LogP) is 2.68. The van der Waals surface area contributed by atoms with Gasteiger partial charge in [-0.25, -0.2) is 0 Å². The van der Waals surface area contributed by atoms with Gasteiger partial charge in [-0.15, -0.1) is 0 Å². The smallest absolute Gasteiger partial charge is 0.269 e. The van der Waals surface area contributed by atoms with Crippen LogP contribution in [-0.2, 0) is 0 Å². The van der Waals surface area contributed by atoms with Gasteiger partial charge in [0.2, 0.25) is 0 Å². The molecule has 7 heavy (non-hydrogen) atoms. The summed E-state index contributed by atoms with van der Waals surface area (Å²) in [6.45, 7) is 0. The highest BCUT2D eigenvalue weighted by Gasteiger charge is 1.93. The molecule has 0 spiro atoms. The van der Waals surface area contributed by atoms with Gasteiger partial charge in [0.1, 0.15) is 0 Å². The van der Waals surface area contributed by atoms with E-state index in [-0.39, 0.29) is 4.70 Å². The van der Waals surface area contributed by atoms with Crippen LogP contribution in [0.5, 0.6) is 0 Å². The maximum Gasteiger partial charge on any atom is 0.300 e. The third kappa shape index (κ3) is 6.11. The van der Waals surface area contributed by atoms with Crippen molar-refractivity contribution in [2.45, 2.75) is 0 Å². The molecule has 0 rings (SSSR count). The highest BCUT2D eigenvalue weighted by molar-refractivity contribution is 6.56. The van der Waals surface area contributed by atoms with Gasteiger partial charge >= 0.3 is 0 Å². The van der Waals surface area contributed by atoms with E-state index in [0.717, 1.165) is 0 Å². The first-order chi connectivity index (χ1) is 2.64. The Kier molecular flexibility index (Phi) is 6.21. The molecule has 0 aromatic carbocycles. The van der Waals surface area contributed by atoms with Crippen LogP contribution in [-0.4, -0.2) is 0 Å². The van der Waals surface area contributed by atoms with Crippen molar-refractivity contribution < 1.29 is 13.5 Å². The second-order valence-corrected chi connectivity index (χ2v) is 1.47. The highest BCUT2D eigenvalue weighted by atomic mass is 35.5. The molecule has 0 nitrogen and oxygen atoms in total. The molecule has 0 aromatic rings. The standard InChI is InChI=1S/C2Cl2F2.FH/c3-1(4)2(5)6;/h;1H. The van der Waals surface area contributed by atoms with Crippen LogP contribution in [0.3, 0.4) is 0 Å². The minimum absolute atomic E-state index is 0. The van der Waals surface area contributed by atoms with Gasteiger partial charge in [0.25, 0.3) is 6.08 Å². The lowest BCUT2D eigenvalue weighted by Crippen LogP contribution is -1.52. The molecule has 0 fully saturated rings. The Bertz CT molecular complexity index is 61.0. The van der Waals surface area contributed by atoms with Crippen molar-refractivity contribution in [2.24, 2.45) is 0 Å². The average molecular weight is 153 g/mol. The molecular weight excluding hydrogens is 152 g/mol. The molecule has 0 aliphatic rings. The Morgan fingerprint density at radius 3 is 1.29 bits per heavy atom. The molecule has 0 aliphatic heterocycles. The van der Waals surface area contributed by atoms with Gasteiger partial charge in [-0.1, -0.05) is 23.2 Å². The third-order valence-electron chi connectivity index (χ3n) is 0.143. The number of halogens is 5. The summed E-state index contributed by atoms with van der Waals surface area (Å²) in [5.74, 6) is 0. The molecule has 0 saturated carbocycles. The van der Waals surface area contributed by atoms with Crippen LogP contribution in [0.15, 0.2) is 10.6 Å². The van der Waals surface area contributed by atoms with Crippen LogP contribution < -0.4 is 0 Å². The van der Waals surface area contributed by atoms with E-state index in [0.29, 0.717) is 0 Å². The maximum atomic E-state index is 10.8. The van der Waals surface area contributed by atoms with Gasteiger partial charge in [0, 0.05) is 0 Å². The van der Waals surface area contributed by atoms with Crippen LogP contribution in [0.4, 0.5) is 13.5 Å². The Morgan fingerprint density at radius 2 is 1.29 bits per heavy atom. The molecular formula is C2HCl2F3. The highest BCUT2D eigenvalue weighted by Crippen LogP contribution is 2.14. The van der Waals surface area contributed by atoms with Crippen molar-refractivity contribution in [3.8, 4) is 0 Å². The first-order valence-electron chi connectivity index (χ1n) is 1.01. The molecule has 0 radical (unpaired) electrons. The molecule has 0 aromatic heterocycles. The van der Waals surface area contributed by atoms with Crippen LogP contribution in [0.25, 0.3) is 0 Å². The van der Waals surface area contributed by atoms with Gasteiger partial charge < -0.3 is 0 Å². The summed E-state index contributed by atoms with van der Waals surface area (Å²) in [6, 6.07) is 0. The largest absolute Gasteiger partial charge is 0.300 e. The molecule has 0 atom stereocenters. The third-order valence-corrected chi connectivity index (χ3v) is 0.429. The lowest BCUT2D eigenvalue weighted by molar-refractivity contribution is 0.421. The summed E-state index contributed by atoms with van der Waals surface area (Å²) in [6.07, 6.45) is -2.04. The van der Waals surface area contributed by atoms with Crippen molar-refractivity contribution in [3.05, 3.63) is 10.6 Å². The molecule has 0 heterocycles. The van der Waals surface area contributed by atoms with E-state index in [1.165, 1.54) is 0 Å². The summed E-state index contributed by atoms with van der Waals surface area (Å²) >= 11 is 9.02. The van der Waals surface area contributed by atoms with Crippen LogP contribution in [0, 0.1) is 0 Å². The average Bonchev–Trinajstić information content (AvgIpc) is 1.36. The second kappa shape index (κ2) is 4.27. The van der Waals surface area contributed by atoms with Gasteiger partial charge in [-0.2, -0.15) is 8.78 Å². The zero-order valence-corrected chi connectivity index (χ0v) is 4.43. The van der Waals surface area contributed by atoms with Gasteiger partial charge in [0.05, 0.1) is 0 Å². The van der Waals surface area contributed by atoms with Crippen LogP contribution >= 0.6 is 23.2 Å². The zero-order valence-electron chi connectivity index (χ0n) is 2.92. The minimum Gasteiger partial charge on any atom is -0.269 e. The Morgan fingerprint density at radius 1 is 1.14 bits per heavy atom. The van der Waals surface area contributed by atoms with E-state index in [2.05, 4.69) is 23.2 Å². The summed E-state index contributed by atoms with van der Waals surface area (Å²) in [7, 11) is 0. The molecule has 0 bridgehead atoms. The SMILES string of the molecule is F.FC(F)=C(Cl)Cl. The lowest BCUT2D eigenvalue weighted by Gasteiger charge is -1.72. The monoisotopic (exact) mass is 152 g/mol. The van der Waals surface area contributed by atoms with Gasteiger partial charge in [-0.05, 0) is 0 Å². The van der Waals surface area contributed by atoms with E-state index < -0.39 is 10.6 Å². The molecule has 0 N–H and O–H groups in total. The summed E-state index contributed by atoms with van der Waals surface area (Å²) in [5, 5.41) is 0. The van der Waals surface area contributed by atoms with Gasteiger partial charge in [0.15, 0.2) is 4.49 Å². The zero-order chi connectivity index (χ0) is 5.15. The van der Waals surface area contributed by atoms with Crippen molar-refractivity contribution in [1.82, 2.24) is 0 Å². The quantitative estimate of drug-likeness (QED) is 0.501.